The molecule has 0 aromatic carbocycles. The standard InChI is InChI=1S/C65H127N2O7P/c1-7-10-13-16-19-22-25-27-29-31-32-33-34-36-37-39-42-45-48-51-54-57-64(68)66-62(61-73-75(70,71)72-60-59-67(4,5)6)63(56-53-50-47-44-41-24-21-18-15-12-9-3)74-65(69)58-55-52-49-46-43-40-38-35-30-28-26-23-20-17-14-11-8-2/h27,29,53,56,62-63H,7-26,28,30-52,54-55,57-61H2,1-6H3,(H-,66,68,70,71)/p+1/b29-27+,56-53+. The zero-order valence-corrected chi connectivity index (χ0v) is 51.7. The number of hydrogen-bond donors (Lipinski definition) is 2. The van der Waals surface area contributed by atoms with Crippen LogP contribution in [0, 0.1) is 0 Å². The van der Waals surface area contributed by atoms with Gasteiger partial charge in [0.25, 0.3) is 0 Å². The van der Waals surface area contributed by atoms with Gasteiger partial charge in [-0.1, -0.05) is 283 Å². The zero-order valence-electron chi connectivity index (χ0n) is 50.8. The Balaban J connectivity index is 5.11. The van der Waals surface area contributed by atoms with Crippen LogP contribution in [0.5, 0.6) is 0 Å². The number of unbranched alkanes of at least 4 members (excludes halogenated alkanes) is 42. The minimum absolute atomic E-state index is 0.0438. The third-order valence-corrected chi connectivity index (χ3v) is 15.9. The molecule has 0 saturated heterocycles. The second kappa shape index (κ2) is 55.8. The summed E-state index contributed by atoms with van der Waals surface area (Å²) in [5.74, 6) is -0.488. The fraction of sp³-hybridized carbons (Fsp3) is 0.908. The number of carbonyl (C=O) groups excluding carboxylic acids is 2. The van der Waals surface area contributed by atoms with E-state index in [9.17, 15) is 19.0 Å². The topological polar surface area (TPSA) is 111 Å². The number of amides is 1. The molecule has 0 spiro atoms. The molecule has 10 heteroatoms. The second-order valence-corrected chi connectivity index (χ2v) is 25.1. The van der Waals surface area contributed by atoms with E-state index in [2.05, 4.69) is 38.2 Å². The second-order valence-electron chi connectivity index (χ2n) is 23.6. The number of phosphoric acid groups is 1. The monoisotopic (exact) mass is 1080 g/mol. The minimum Gasteiger partial charge on any atom is -0.456 e. The lowest BCUT2D eigenvalue weighted by Gasteiger charge is -2.27. The van der Waals surface area contributed by atoms with E-state index >= 15 is 0 Å². The molecule has 3 unspecified atom stereocenters. The normalized spacial score (nSPS) is 13.7. The highest BCUT2D eigenvalue weighted by atomic mass is 31.2. The lowest BCUT2D eigenvalue weighted by molar-refractivity contribution is -0.870. The Morgan fingerprint density at radius 1 is 0.453 bits per heavy atom. The van der Waals surface area contributed by atoms with Crippen LogP contribution in [0.15, 0.2) is 24.3 Å². The Bertz CT molecular complexity index is 1340. The number of nitrogens with one attached hydrogen (secondary N) is 1. The van der Waals surface area contributed by atoms with E-state index in [4.69, 9.17) is 13.8 Å². The molecule has 75 heavy (non-hydrogen) atoms. The van der Waals surface area contributed by atoms with Gasteiger partial charge in [0.15, 0.2) is 0 Å². The van der Waals surface area contributed by atoms with Gasteiger partial charge in [-0.25, -0.2) is 4.57 Å². The van der Waals surface area contributed by atoms with Crippen LogP contribution in [0.4, 0.5) is 0 Å². The maximum atomic E-state index is 13.6. The van der Waals surface area contributed by atoms with Crippen LogP contribution in [0.1, 0.15) is 329 Å². The van der Waals surface area contributed by atoms with E-state index in [0.29, 0.717) is 23.9 Å². The number of quaternary nitrogens is 1. The summed E-state index contributed by atoms with van der Waals surface area (Å²) in [6.45, 7) is 7.05. The van der Waals surface area contributed by atoms with Crippen molar-refractivity contribution in [1.82, 2.24) is 5.32 Å². The fourth-order valence-electron chi connectivity index (χ4n) is 9.82. The van der Waals surface area contributed by atoms with Gasteiger partial charge in [-0.05, 0) is 57.4 Å². The first-order chi connectivity index (χ1) is 36.4. The van der Waals surface area contributed by atoms with Crippen LogP contribution in [-0.4, -0.2) is 74.3 Å². The maximum Gasteiger partial charge on any atom is 0.472 e. The molecule has 9 nitrogen and oxygen atoms in total. The quantitative estimate of drug-likeness (QED) is 0.0205. The first kappa shape index (κ1) is 73.5. The average Bonchev–Trinajstić information content (AvgIpc) is 3.37. The van der Waals surface area contributed by atoms with Crippen LogP contribution < -0.4 is 5.32 Å². The first-order valence-corrected chi connectivity index (χ1v) is 34.2. The van der Waals surface area contributed by atoms with Gasteiger partial charge in [0.2, 0.25) is 5.91 Å². The molecule has 0 aliphatic carbocycles. The molecule has 3 atom stereocenters. The summed E-state index contributed by atoms with van der Waals surface area (Å²) in [4.78, 5) is 37.7. The summed E-state index contributed by atoms with van der Waals surface area (Å²) < 4.78 is 30.7. The van der Waals surface area contributed by atoms with E-state index in [1.54, 1.807) is 0 Å². The van der Waals surface area contributed by atoms with Gasteiger partial charge in [0.1, 0.15) is 19.3 Å². The van der Waals surface area contributed by atoms with Crippen LogP contribution >= 0.6 is 7.82 Å². The number of likely N-dealkylation sites (N-methyl/N-ethyl adjacent to an activating group) is 1. The molecule has 0 radical (unpaired) electrons. The predicted molar refractivity (Wildman–Crippen MR) is 323 cm³/mol. The number of nitrogens with zero attached hydrogens (tertiary/aromatic N) is 1. The molecule has 0 aliphatic heterocycles. The number of phosphoric ester groups is 1. The highest BCUT2D eigenvalue weighted by Crippen LogP contribution is 2.43. The van der Waals surface area contributed by atoms with Crippen molar-refractivity contribution in [3.05, 3.63) is 24.3 Å². The number of hydrogen-bond acceptors (Lipinski definition) is 6. The Hall–Kier alpha value is -1.51. The minimum atomic E-state index is -4.44. The van der Waals surface area contributed by atoms with Gasteiger partial charge in [0, 0.05) is 12.8 Å². The van der Waals surface area contributed by atoms with Gasteiger partial charge >= 0.3 is 13.8 Å². The Morgan fingerprint density at radius 3 is 1.13 bits per heavy atom. The summed E-state index contributed by atoms with van der Waals surface area (Å²) in [7, 11) is 1.51. The molecule has 0 fully saturated rings. The highest BCUT2D eigenvalue weighted by molar-refractivity contribution is 7.47. The van der Waals surface area contributed by atoms with Crippen LogP contribution in [0.25, 0.3) is 0 Å². The third kappa shape index (κ3) is 57.0. The lowest BCUT2D eigenvalue weighted by atomic mass is 10.0. The predicted octanol–water partition coefficient (Wildman–Crippen LogP) is 20.1. The van der Waals surface area contributed by atoms with E-state index < -0.39 is 20.0 Å². The van der Waals surface area contributed by atoms with Crippen LogP contribution in [0.2, 0.25) is 0 Å². The van der Waals surface area contributed by atoms with E-state index in [1.807, 2.05) is 33.3 Å². The summed E-state index contributed by atoms with van der Waals surface area (Å²) in [5.41, 5.74) is 0. The summed E-state index contributed by atoms with van der Waals surface area (Å²) >= 11 is 0. The molecule has 0 aliphatic rings. The number of rotatable bonds is 60. The molecular formula is C65H128N2O7P+. The molecule has 1 amide bonds. The smallest absolute Gasteiger partial charge is 0.456 e. The van der Waals surface area contributed by atoms with E-state index in [0.717, 1.165) is 57.8 Å². The number of carbonyl (C=O) groups is 2. The Kier molecular flexibility index (Phi) is 54.7. The van der Waals surface area contributed by atoms with Crippen LogP contribution in [-0.2, 0) is 27.9 Å². The van der Waals surface area contributed by atoms with Crippen molar-refractivity contribution >= 4 is 19.7 Å². The van der Waals surface area contributed by atoms with Gasteiger partial charge in [-0.15, -0.1) is 0 Å². The van der Waals surface area contributed by atoms with Gasteiger partial charge in [-0.2, -0.15) is 0 Å². The molecule has 444 valence electrons. The van der Waals surface area contributed by atoms with Gasteiger partial charge in [-0.3, -0.25) is 18.6 Å². The van der Waals surface area contributed by atoms with Crippen molar-refractivity contribution < 1.29 is 37.3 Å². The van der Waals surface area contributed by atoms with Crippen molar-refractivity contribution in [2.45, 2.75) is 341 Å². The third-order valence-electron chi connectivity index (χ3n) is 14.9. The molecule has 2 N–H and O–H groups in total. The number of ether oxygens (including phenoxy) is 1. The number of allylic oxidation sites excluding steroid dienone is 3. The molecule has 0 aromatic rings. The van der Waals surface area contributed by atoms with Crippen molar-refractivity contribution in [3.8, 4) is 0 Å². The maximum absolute atomic E-state index is 13.6. The molecule has 0 saturated carbocycles. The molecule has 0 rings (SSSR count). The number of esters is 1. The van der Waals surface area contributed by atoms with E-state index in [-0.39, 0.29) is 25.1 Å². The molecule has 0 bridgehead atoms. The average molecular weight is 1080 g/mol. The van der Waals surface area contributed by atoms with Gasteiger partial charge in [0.05, 0.1) is 33.8 Å². The SMILES string of the molecule is CCCCCCCC/C=C/CCCCCCCCCCCCCC(=O)NC(COP(=O)(O)OCC[N+](C)(C)C)C(/C=C/CCCCCCCCCCC)OC(=O)CCCCCCCCCCCCCCCCCCC. The zero-order chi connectivity index (χ0) is 55.0. The van der Waals surface area contributed by atoms with Gasteiger partial charge < -0.3 is 19.4 Å². The van der Waals surface area contributed by atoms with E-state index in [1.165, 1.54) is 238 Å². The molecular weight excluding hydrogens is 952 g/mol. The fourth-order valence-corrected chi connectivity index (χ4v) is 10.6. The summed E-state index contributed by atoms with van der Waals surface area (Å²) in [6, 6.07) is -0.842. The lowest BCUT2D eigenvalue weighted by Crippen LogP contribution is -2.47. The molecule has 0 aromatic heterocycles. The summed E-state index contributed by atoms with van der Waals surface area (Å²) in [5, 5.41) is 3.07. The first-order valence-electron chi connectivity index (χ1n) is 32.7. The Morgan fingerprint density at radius 2 is 0.773 bits per heavy atom. The largest absolute Gasteiger partial charge is 0.472 e. The van der Waals surface area contributed by atoms with Crippen molar-refractivity contribution in [3.63, 3.8) is 0 Å². The van der Waals surface area contributed by atoms with Crippen molar-refractivity contribution in [2.24, 2.45) is 0 Å². The van der Waals surface area contributed by atoms with Crippen molar-refractivity contribution in [1.29, 1.82) is 0 Å². The summed E-state index contributed by atoms with van der Waals surface area (Å²) in [6.07, 6.45) is 66.0. The Labute approximate surface area is 466 Å². The van der Waals surface area contributed by atoms with Crippen molar-refractivity contribution in [2.75, 3.05) is 40.9 Å². The van der Waals surface area contributed by atoms with Crippen LogP contribution in [0.3, 0.4) is 0 Å². The highest BCUT2D eigenvalue weighted by Gasteiger charge is 2.30. The molecule has 0 heterocycles.